The van der Waals surface area contributed by atoms with Crippen LogP contribution in [-0.2, 0) is 0 Å². The Bertz CT molecular complexity index is 859. The van der Waals surface area contributed by atoms with Gasteiger partial charge in [-0.2, -0.15) is 5.16 Å². The van der Waals surface area contributed by atoms with Gasteiger partial charge in [-0.25, -0.2) is 9.07 Å². The Labute approximate surface area is 92.0 Å². The van der Waals surface area contributed by atoms with Crippen molar-refractivity contribution in [2.75, 3.05) is 5.84 Å². The van der Waals surface area contributed by atoms with Crippen LogP contribution in [0, 0.1) is 5.82 Å². The van der Waals surface area contributed by atoms with Gasteiger partial charge in [0.05, 0.1) is 10.9 Å². The molecule has 3 N–H and O–H groups in total. The first-order chi connectivity index (χ1) is 8.09. The second-order valence-corrected chi connectivity index (χ2v) is 3.57. The zero-order chi connectivity index (χ0) is 12.2. The molecular formula is C10H6FN3O3. The average molecular weight is 235 g/mol. The third-order valence-electron chi connectivity index (χ3n) is 2.59. The molecule has 0 amide bonds. The Morgan fingerprint density at radius 1 is 1.35 bits per heavy atom. The summed E-state index contributed by atoms with van der Waals surface area (Å²) in [4.78, 5) is 23.3. The molecule has 86 valence electrons. The van der Waals surface area contributed by atoms with Crippen LogP contribution in [0.5, 0.6) is 0 Å². The number of aromatic nitrogens is 2. The number of H-pyrrole nitrogens is 1. The van der Waals surface area contributed by atoms with Gasteiger partial charge in [0.15, 0.2) is 5.39 Å². The predicted octanol–water partition coefficient (Wildman–Crippen LogP) is 0.289. The normalized spacial score (nSPS) is 11.4. The highest BCUT2D eigenvalue weighted by Crippen LogP contribution is 2.15. The monoisotopic (exact) mass is 235 g/mol. The topological polar surface area (TPSA) is 94.0 Å². The second-order valence-electron chi connectivity index (χ2n) is 3.57. The van der Waals surface area contributed by atoms with Crippen molar-refractivity contribution in [2.24, 2.45) is 0 Å². The highest BCUT2D eigenvalue weighted by atomic mass is 19.1. The summed E-state index contributed by atoms with van der Waals surface area (Å²) in [6.07, 6.45) is 0. The van der Waals surface area contributed by atoms with E-state index in [0.29, 0.717) is 0 Å². The molecule has 0 aliphatic rings. The molecule has 0 saturated carbocycles. The van der Waals surface area contributed by atoms with Crippen LogP contribution in [-0.4, -0.2) is 9.83 Å². The van der Waals surface area contributed by atoms with Crippen LogP contribution in [0.4, 0.5) is 4.39 Å². The molecule has 0 fully saturated rings. The predicted molar refractivity (Wildman–Crippen MR) is 58.7 cm³/mol. The third-order valence-corrected chi connectivity index (χ3v) is 2.59. The molecule has 2 aromatic heterocycles. The first kappa shape index (κ1) is 9.64. The highest BCUT2D eigenvalue weighted by Gasteiger charge is 2.16. The Morgan fingerprint density at radius 3 is 2.88 bits per heavy atom. The zero-order valence-corrected chi connectivity index (χ0v) is 8.36. The van der Waals surface area contributed by atoms with Gasteiger partial charge in [0.1, 0.15) is 5.82 Å². The van der Waals surface area contributed by atoms with Crippen molar-refractivity contribution in [1.82, 2.24) is 9.83 Å². The SMILES string of the molecule is Nn1c2ccc(F)cc2c(=O)c2c(=O)[nH]oc21. The molecule has 0 aliphatic carbocycles. The van der Waals surface area contributed by atoms with E-state index >= 15 is 0 Å². The number of hydrogen-bond donors (Lipinski definition) is 2. The molecule has 2 heterocycles. The van der Waals surface area contributed by atoms with E-state index in [4.69, 9.17) is 10.4 Å². The lowest BCUT2D eigenvalue weighted by Gasteiger charge is -2.04. The number of aromatic amines is 1. The van der Waals surface area contributed by atoms with E-state index in [0.717, 1.165) is 10.7 Å². The maximum atomic E-state index is 13.1. The number of fused-ring (bicyclic) bond motifs is 2. The number of hydrogen-bond acceptors (Lipinski definition) is 4. The molecule has 0 bridgehead atoms. The van der Waals surface area contributed by atoms with Crippen LogP contribution in [0.25, 0.3) is 22.0 Å². The van der Waals surface area contributed by atoms with E-state index in [1.54, 1.807) is 0 Å². The van der Waals surface area contributed by atoms with E-state index in [1.165, 1.54) is 12.1 Å². The van der Waals surface area contributed by atoms with Gasteiger partial charge < -0.3 is 10.4 Å². The minimum absolute atomic E-state index is 0.0342. The van der Waals surface area contributed by atoms with Crippen LogP contribution in [0.1, 0.15) is 0 Å². The number of halogens is 1. The van der Waals surface area contributed by atoms with Gasteiger partial charge >= 0.3 is 0 Å². The fourth-order valence-corrected chi connectivity index (χ4v) is 1.81. The van der Waals surface area contributed by atoms with Gasteiger partial charge in [0.2, 0.25) is 5.43 Å². The molecule has 0 aliphatic heterocycles. The van der Waals surface area contributed by atoms with Crippen molar-refractivity contribution < 1.29 is 8.91 Å². The van der Waals surface area contributed by atoms with E-state index in [1.807, 2.05) is 5.16 Å². The number of nitrogen functional groups attached to an aromatic ring is 1. The van der Waals surface area contributed by atoms with Gasteiger partial charge in [0.25, 0.3) is 11.3 Å². The van der Waals surface area contributed by atoms with Crippen molar-refractivity contribution in [1.29, 1.82) is 0 Å². The largest absolute Gasteiger partial charge is 0.358 e. The molecule has 0 radical (unpaired) electrons. The Balaban J connectivity index is 2.76. The van der Waals surface area contributed by atoms with Crippen LogP contribution in [0.3, 0.4) is 0 Å². The van der Waals surface area contributed by atoms with Crippen molar-refractivity contribution >= 4 is 22.0 Å². The number of benzene rings is 1. The Morgan fingerprint density at radius 2 is 2.12 bits per heavy atom. The fraction of sp³-hybridized carbons (Fsp3) is 0. The molecule has 3 aromatic rings. The summed E-state index contributed by atoms with van der Waals surface area (Å²) < 4.78 is 18.9. The van der Waals surface area contributed by atoms with E-state index in [9.17, 15) is 14.0 Å². The van der Waals surface area contributed by atoms with Gasteiger partial charge in [-0.05, 0) is 18.2 Å². The fourth-order valence-electron chi connectivity index (χ4n) is 1.81. The summed E-state index contributed by atoms with van der Waals surface area (Å²) in [7, 11) is 0. The molecule has 6 nitrogen and oxygen atoms in total. The van der Waals surface area contributed by atoms with Crippen molar-refractivity contribution in [2.45, 2.75) is 0 Å². The van der Waals surface area contributed by atoms with Crippen molar-refractivity contribution in [3.63, 3.8) is 0 Å². The lowest BCUT2D eigenvalue weighted by Crippen LogP contribution is -2.19. The van der Waals surface area contributed by atoms with E-state index in [2.05, 4.69) is 0 Å². The maximum absolute atomic E-state index is 13.1. The van der Waals surface area contributed by atoms with E-state index in [-0.39, 0.29) is 22.0 Å². The number of nitrogens with two attached hydrogens (primary N) is 1. The minimum Gasteiger partial charge on any atom is -0.358 e. The molecule has 0 saturated heterocycles. The molecule has 0 unspecified atom stereocenters. The first-order valence-electron chi connectivity index (χ1n) is 4.70. The number of nitrogens with zero attached hydrogens (tertiary/aromatic N) is 1. The summed E-state index contributed by atoms with van der Waals surface area (Å²) in [5.74, 6) is 5.11. The minimum atomic E-state index is -0.685. The quantitative estimate of drug-likeness (QED) is 0.547. The highest BCUT2D eigenvalue weighted by molar-refractivity contribution is 5.90. The first-order valence-corrected chi connectivity index (χ1v) is 4.70. The Kier molecular flexibility index (Phi) is 1.68. The standard InChI is InChI=1S/C10H6FN3O3/c11-4-1-2-6-5(3-4)8(15)7-9(16)13-17-10(7)14(6)12/h1-3H,12H2,(H,13,16). The third kappa shape index (κ3) is 1.13. The zero-order valence-electron chi connectivity index (χ0n) is 8.36. The average Bonchev–Trinajstić information content (AvgIpc) is 2.68. The summed E-state index contributed by atoms with van der Waals surface area (Å²) in [6.45, 7) is 0. The molecule has 3 rings (SSSR count). The smallest absolute Gasteiger partial charge is 0.293 e. The lowest BCUT2D eigenvalue weighted by molar-refractivity contribution is 0.436. The maximum Gasteiger partial charge on any atom is 0.293 e. The van der Waals surface area contributed by atoms with Crippen molar-refractivity contribution in [3.8, 4) is 0 Å². The Hall–Kier alpha value is -2.57. The summed E-state index contributed by atoms with van der Waals surface area (Å²) >= 11 is 0. The summed E-state index contributed by atoms with van der Waals surface area (Å²) in [5.41, 5.74) is -1.08. The molecule has 1 aromatic carbocycles. The van der Waals surface area contributed by atoms with Crippen LogP contribution in [0.15, 0.2) is 32.3 Å². The molecule has 17 heavy (non-hydrogen) atoms. The molecular weight excluding hydrogens is 229 g/mol. The van der Waals surface area contributed by atoms with E-state index < -0.39 is 16.8 Å². The number of pyridine rings is 1. The molecule has 0 atom stereocenters. The van der Waals surface area contributed by atoms with Crippen LogP contribution >= 0.6 is 0 Å². The van der Waals surface area contributed by atoms with Gasteiger partial charge in [-0.3, -0.25) is 9.59 Å². The van der Waals surface area contributed by atoms with Gasteiger partial charge in [0, 0.05) is 0 Å². The number of rotatable bonds is 0. The van der Waals surface area contributed by atoms with Crippen LogP contribution < -0.4 is 16.8 Å². The molecule has 7 heteroatoms. The number of nitrogens with one attached hydrogen (secondary N) is 1. The molecule has 0 spiro atoms. The lowest BCUT2D eigenvalue weighted by atomic mass is 10.2. The summed E-state index contributed by atoms with van der Waals surface area (Å²) in [6, 6.07) is 3.55. The second kappa shape index (κ2) is 2.97. The summed E-state index contributed by atoms with van der Waals surface area (Å²) in [5, 5.41) is 1.84. The van der Waals surface area contributed by atoms with Crippen molar-refractivity contribution in [3.05, 3.63) is 44.6 Å². The van der Waals surface area contributed by atoms with Gasteiger partial charge in [-0.15, -0.1) is 0 Å². The van der Waals surface area contributed by atoms with Gasteiger partial charge in [-0.1, -0.05) is 0 Å². The van der Waals surface area contributed by atoms with Crippen LogP contribution in [0.2, 0.25) is 0 Å².